The van der Waals surface area contributed by atoms with Gasteiger partial charge in [-0.1, -0.05) is 54.5 Å². The fraction of sp³-hybridized carbons (Fsp3) is 0.421. The highest BCUT2D eigenvalue weighted by Gasteiger charge is 2.33. The number of carbonyl (C=O) groups is 2. The van der Waals surface area contributed by atoms with E-state index >= 15 is 0 Å². The third-order valence-corrected chi connectivity index (χ3v) is 6.12. The van der Waals surface area contributed by atoms with E-state index in [-0.39, 0.29) is 18.0 Å². The quantitative estimate of drug-likeness (QED) is 0.897. The third kappa shape index (κ3) is 3.31. The number of thiazole rings is 1. The van der Waals surface area contributed by atoms with Crippen molar-refractivity contribution in [1.82, 2.24) is 15.2 Å². The van der Waals surface area contributed by atoms with Crippen LogP contribution in [0.15, 0.2) is 30.3 Å². The number of nitrogens with one attached hydrogen (secondary N) is 1. The topological polar surface area (TPSA) is 65.5 Å². The van der Waals surface area contributed by atoms with Crippen molar-refractivity contribution in [2.45, 2.75) is 44.8 Å². The number of amides is 3. The number of anilines is 1. The molecule has 1 aliphatic heterocycles. The highest BCUT2D eigenvalue weighted by molar-refractivity contribution is 7.16. The third-order valence-electron chi connectivity index (χ3n) is 5.00. The van der Waals surface area contributed by atoms with Crippen LogP contribution < -0.4 is 10.2 Å². The van der Waals surface area contributed by atoms with E-state index in [4.69, 9.17) is 0 Å². The lowest BCUT2D eigenvalue weighted by Gasteiger charge is -2.19. The van der Waals surface area contributed by atoms with Gasteiger partial charge < -0.3 is 10.2 Å². The summed E-state index contributed by atoms with van der Waals surface area (Å²) in [5, 5.41) is 3.63. The zero-order valence-electron chi connectivity index (χ0n) is 14.8. The first-order valence-corrected chi connectivity index (χ1v) is 9.80. The number of hydrogen-bond donors (Lipinski definition) is 1. The van der Waals surface area contributed by atoms with Crippen molar-refractivity contribution in [2.24, 2.45) is 0 Å². The molecular formula is C19H22N4O2S. The van der Waals surface area contributed by atoms with Crippen LogP contribution in [0.4, 0.5) is 9.93 Å². The van der Waals surface area contributed by atoms with E-state index in [2.05, 4.69) is 10.3 Å². The molecule has 1 saturated carbocycles. The molecule has 0 bridgehead atoms. The van der Waals surface area contributed by atoms with Gasteiger partial charge in [-0.3, -0.25) is 9.69 Å². The Bertz CT molecular complexity index is 814. The SMILES string of the molecule is CN(C(=O)NC1CCCC1)c1nc2c(s1)CN(Cc1ccccc1)C2=O. The summed E-state index contributed by atoms with van der Waals surface area (Å²) in [7, 11) is 1.71. The fourth-order valence-corrected chi connectivity index (χ4v) is 4.54. The van der Waals surface area contributed by atoms with Crippen LogP contribution in [-0.2, 0) is 13.1 Å². The second kappa shape index (κ2) is 7.07. The molecule has 0 atom stereocenters. The van der Waals surface area contributed by atoms with Gasteiger partial charge in [-0.05, 0) is 18.4 Å². The van der Waals surface area contributed by atoms with Crippen LogP contribution >= 0.6 is 11.3 Å². The molecule has 2 aromatic rings. The number of aromatic nitrogens is 1. The standard InChI is InChI=1S/C19H22N4O2S/c1-22(18(25)20-14-9-5-6-10-14)19-21-16-15(26-19)12-23(17(16)24)11-13-7-3-2-4-8-13/h2-4,7-8,14H,5-6,9-12H2,1H3,(H,20,25). The lowest BCUT2D eigenvalue weighted by molar-refractivity contribution is 0.0762. The first-order chi connectivity index (χ1) is 12.6. The van der Waals surface area contributed by atoms with Gasteiger partial charge in [0.15, 0.2) is 5.13 Å². The summed E-state index contributed by atoms with van der Waals surface area (Å²) in [6.45, 7) is 1.13. The van der Waals surface area contributed by atoms with Gasteiger partial charge in [-0.2, -0.15) is 0 Å². The Hall–Kier alpha value is -2.41. The number of nitrogens with zero attached hydrogens (tertiary/aromatic N) is 3. The van der Waals surface area contributed by atoms with Gasteiger partial charge >= 0.3 is 6.03 Å². The van der Waals surface area contributed by atoms with E-state index in [9.17, 15) is 9.59 Å². The Morgan fingerprint density at radius 3 is 2.73 bits per heavy atom. The minimum Gasteiger partial charge on any atom is -0.335 e. The molecule has 26 heavy (non-hydrogen) atoms. The Morgan fingerprint density at radius 2 is 2.04 bits per heavy atom. The summed E-state index contributed by atoms with van der Waals surface area (Å²) in [5.41, 5.74) is 1.59. The smallest absolute Gasteiger partial charge is 0.323 e. The Kier molecular flexibility index (Phi) is 4.63. The molecule has 0 radical (unpaired) electrons. The number of urea groups is 1. The fourth-order valence-electron chi connectivity index (χ4n) is 3.51. The van der Waals surface area contributed by atoms with Crippen molar-refractivity contribution in [2.75, 3.05) is 11.9 Å². The number of fused-ring (bicyclic) bond motifs is 1. The van der Waals surface area contributed by atoms with Crippen LogP contribution in [0.1, 0.15) is 46.6 Å². The van der Waals surface area contributed by atoms with Gasteiger partial charge in [0.1, 0.15) is 5.69 Å². The largest absolute Gasteiger partial charge is 0.335 e. The van der Waals surface area contributed by atoms with Gasteiger partial charge in [0.2, 0.25) is 0 Å². The maximum Gasteiger partial charge on any atom is 0.323 e. The zero-order chi connectivity index (χ0) is 18.1. The molecule has 1 fully saturated rings. The van der Waals surface area contributed by atoms with Crippen molar-refractivity contribution < 1.29 is 9.59 Å². The minimum atomic E-state index is -0.141. The summed E-state index contributed by atoms with van der Waals surface area (Å²) in [5.74, 6) is -0.0593. The van der Waals surface area contributed by atoms with E-state index in [1.54, 1.807) is 11.9 Å². The van der Waals surface area contributed by atoms with E-state index in [1.165, 1.54) is 29.1 Å². The van der Waals surface area contributed by atoms with E-state index in [0.717, 1.165) is 23.3 Å². The summed E-state index contributed by atoms with van der Waals surface area (Å²) in [6.07, 6.45) is 4.43. The summed E-state index contributed by atoms with van der Waals surface area (Å²) in [4.78, 5) is 33.7. The van der Waals surface area contributed by atoms with E-state index < -0.39 is 0 Å². The molecule has 7 heteroatoms. The first-order valence-electron chi connectivity index (χ1n) is 8.99. The molecule has 0 saturated heterocycles. The first kappa shape index (κ1) is 17.0. The van der Waals surface area contributed by atoms with Crippen LogP contribution in [0.3, 0.4) is 0 Å². The molecule has 4 rings (SSSR count). The van der Waals surface area contributed by atoms with E-state index in [0.29, 0.717) is 23.9 Å². The highest BCUT2D eigenvalue weighted by Crippen LogP contribution is 2.33. The Morgan fingerprint density at radius 1 is 1.31 bits per heavy atom. The average molecular weight is 370 g/mol. The van der Waals surface area contributed by atoms with Gasteiger partial charge in [0.25, 0.3) is 5.91 Å². The number of rotatable bonds is 4. The predicted octanol–water partition coefficient (Wildman–Crippen LogP) is 3.39. The monoisotopic (exact) mass is 370 g/mol. The second-order valence-electron chi connectivity index (χ2n) is 6.90. The molecule has 136 valence electrons. The number of benzene rings is 1. The van der Waals surface area contributed by atoms with E-state index in [1.807, 2.05) is 30.3 Å². The summed E-state index contributed by atoms with van der Waals surface area (Å²) >= 11 is 1.43. The summed E-state index contributed by atoms with van der Waals surface area (Å²) in [6, 6.07) is 10.1. The molecule has 0 spiro atoms. The molecule has 1 aliphatic carbocycles. The zero-order valence-corrected chi connectivity index (χ0v) is 15.6. The molecule has 2 heterocycles. The van der Waals surface area contributed by atoms with Crippen LogP contribution in [0.5, 0.6) is 0 Å². The van der Waals surface area contributed by atoms with Crippen LogP contribution in [0.2, 0.25) is 0 Å². The van der Waals surface area contributed by atoms with Crippen molar-refractivity contribution in [3.8, 4) is 0 Å². The van der Waals surface area contributed by atoms with Crippen LogP contribution in [0.25, 0.3) is 0 Å². The molecule has 1 aromatic heterocycles. The van der Waals surface area contributed by atoms with Crippen LogP contribution in [-0.4, -0.2) is 34.9 Å². The van der Waals surface area contributed by atoms with Crippen molar-refractivity contribution in [3.05, 3.63) is 46.5 Å². The predicted molar refractivity (Wildman–Crippen MR) is 101 cm³/mol. The summed E-state index contributed by atoms with van der Waals surface area (Å²) < 4.78 is 0. The molecule has 1 N–H and O–H groups in total. The Labute approximate surface area is 156 Å². The molecule has 3 amide bonds. The molecular weight excluding hydrogens is 348 g/mol. The average Bonchev–Trinajstić information content (AvgIpc) is 3.35. The Balaban J connectivity index is 1.42. The molecule has 2 aliphatic rings. The minimum absolute atomic E-state index is 0.0593. The van der Waals surface area contributed by atoms with Gasteiger partial charge in [0, 0.05) is 19.6 Å². The van der Waals surface area contributed by atoms with Gasteiger partial charge in [-0.25, -0.2) is 9.78 Å². The van der Waals surface area contributed by atoms with Gasteiger partial charge in [0.05, 0.1) is 11.4 Å². The second-order valence-corrected chi connectivity index (χ2v) is 7.97. The lowest BCUT2D eigenvalue weighted by Crippen LogP contribution is -2.42. The lowest BCUT2D eigenvalue weighted by atomic mass is 10.2. The maximum absolute atomic E-state index is 12.6. The number of carbonyl (C=O) groups excluding carboxylic acids is 2. The maximum atomic E-state index is 12.6. The van der Waals surface area contributed by atoms with Crippen molar-refractivity contribution in [1.29, 1.82) is 0 Å². The molecule has 0 unspecified atom stereocenters. The normalized spacial score (nSPS) is 16.8. The molecule has 1 aromatic carbocycles. The van der Waals surface area contributed by atoms with Gasteiger partial charge in [-0.15, -0.1) is 0 Å². The number of hydrogen-bond acceptors (Lipinski definition) is 4. The van der Waals surface area contributed by atoms with Crippen molar-refractivity contribution in [3.63, 3.8) is 0 Å². The highest BCUT2D eigenvalue weighted by atomic mass is 32.1. The van der Waals surface area contributed by atoms with Crippen molar-refractivity contribution >= 4 is 28.4 Å². The van der Waals surface area contributed by atoms with Crippen LogP contribution in [0, 0.1) is 0 Å². The molecule has 6 nitrogen and oxygen atoms in total.